The molecular formula is C11H10BrNO2. The SMILES string of the molecule is [C-]#[N+]c1cc(Br)ccc1CC(=O)OCC. The Morgan fingerprint density at radius 1 is 1.60 bits per heavy atom. The molecule has 78 valence electrons. The van der Waals surface area contributed by atoms with Crippen molar-refractivity contribution in [2.75, 3.05) is 6.61 Å². The van der Waals surface area contributed by atoms with Crippen molar-refractivity contribution >= 4 is 27.6 Å². The lowest BCUT2D eigenvalue weighted by atomic mass is 10.1. The molecular weight excluding hydrogens is 258 g/mol. The first-order chi connectivity index (χ1) is 7.17. The first kappa shape index (κ1) is 11.7. The van der Waals surface area contributed by atoms with Gasteiger partial charge in [-0.25, -0.2) is 4.85 Å². The summed E-state index contributed by atoms with van der Waals surface area (Å²) >= 11 is 3.27. The third-order valence-corrected chi connectivity index (χ3v) is 2.30. The monoisotopic (exact) mass is 267 g/mol. The second-order valence-electron chi connectivity index (χ2n) is 2.87. The molecule has 15 heavy (non-hydrogen) atoms. The minimum Gasteiger partial charge on any atom is -0.466 e. The number of nitrogens with zero attached hydrogens (tertiary/aromatic N) is 1. The van der Waals surface area contributed by atoms with Crippen LogP contribution in [0.1, 0.15) is 12.5 Å². The molecule has 0 atom stereocenters. The molecule has 0 aliphatic carbocycles. The van der Waals surface area contributed by atoms with Gasteiger partial charge in [0.1, 0.15) is 0 Å². The smallest absolute Gasteiger partial charge is 0.308 e. The third-order valence-electron chi connectivity index (χ3n) is 1.81. The number of carbonyl (C=O) groups excluding carboxylic acids is 1. The number of halogens is 1. The minimum atomic E-state index is -0.301. The summed E-state index contributed by atoms with van der Waals surface area (Å²) in [6, 6.07) is 5.26. The first-order valence-electron chi connectivity index (χ1n) is 4.49. The molecule has 0 saturated carbocycles. The van der Waals surface area contributed by atoms with E-state index in [9.17, 15) is 4.79 Å². The maximum absolute atomic E-state index is 11.2. The van der Waals surface area contributed by atoms with Crippen molar-refractivity contribution in [3.63, 3.8) is 0 Å². The second-order valence-corrected chi connectivity index (χ2v) is 3.78. The van der Waals surface area contributed by atoms with Gasteiger partial charge in [0.25, 0.3) is 0 Å². The molecule has 1 aromatic rings. The quantitative estimate of drug-likeness (QED) is 0.623. The summed E-state index contributed by atoms with van der Waals surface area (Å²) in [4.78, 5) is 14.6. The second kappa shape index (κ2) is 5.52. The van der Waals surface area contributed by atoms with Crippen LogP contribution >= 0.6 is 15.9 Å². The molecule has 0 fully saturated rings. The largest absolute Gasteiger partial charge is 0.466 e. The zero-order valence-corrected chi connectivity index (χ0v) is 9.87. The summed E-state index contributed by atoms with van der Waals surface area (Å²) in [6.45, 7) is 9.10. The Bertz CT molecular complexity index is 410. The third kappa shape index (κ3) is 3.37. The lowest BCUT2D eigenvalue weighted by Gasteiger charge is -2.04. The summed E-state index contributed by atoms with van der Waals surface area (Å²) in [5.41, 5.74) is 1.18. The summed E-state index contributed by atoms with van der Waals surface area (Å²) in [5.74, 6) is -0.301. The molecule has 0 N–H and O–H groups in total. The summed E-state index contributed by atoms with van der Waals surface area (Å²) in [7, 11) is 0. The number of hydrogen-bond acceptors (Lipinski definition) is 2. The lowest BCUT2D eigenvalue weighted by Crippen LogP contribution is -2.07. The molecule has 4 heteroatoms. The van der Waals surface area contributed by atoms with Gasteiger partial charge in [0, 0.05) is 4.47 Å². The fourth-order valence-electron chi connectivity index (χ4n) is 1.16. The number of ether oxygens (including phenoxy) is 1. The Morgan fingerprint density at radius 2 is 2.33 bits per heavy atom. The predicted molar refractivity (Wildman–Crippen MR) is 60.7 cm³/mol. The minimum absolute atomic E-state index is 0.152. The summed E-state index contributed by atoms with van der Waals surface area (Å²) < 4.78 is 5.66. The number of hydrogen-bond donors (Lipinski definition) is 0. The van der Waals surface area contributed by atoms with Gasteiger partial charge in [-0.05, 0) is 18.6 Å². The van der Waals surface area contributed by atoms with Gasteiger partial charge in [0.2, 0.25) is 0 Å². The molecule has 0 heterocycles. The van der Waals surface area contributed by atoms with Gasteiger partial charge in [0.05, 0.1) is 19.6 Å². The van der Waals surface area contributed by atoms with Crippen LogP contribution in [0.25, 0.3) is 4.85 Å². The van der Waals surface area contributed by atoms with Gasteiger partial charge in [-0.1, -0.05) is 28.1 Å². The molecule has 1 aromatic carbocycles. The lowest BCUT2D eigenvalue weighted by molar-refractivity contribution is -0.142. The van der Waals surface area contributed by atoms with Crippen LogP contribution < -0.4 is 0 Å². The Labute approximate surface area is 97.0 Å². The molecule has 0 radical (unpaired) electrons. The molecule has 0 saturated heterocycles. The molecule has 0 unspecified atom stereocenters. The van der Waals surface area contributed by atoms with Gasteiger partial charge in [-0.15, -0.1) is 0 Å². The number of carbonyl (C=O) groups is 1. The number of rotatable bonds is 3. The van der Waals surface area contributed by atoms with Crippen LogP contribution in [0.3, 0.4) is 0 Å². The van der Waals surface area contributed by atoms with E-state index >= 15 is 0 Å². The van der Waals surface area contributed by atoms with Gasteiger partial charge in [-0.3, -0.25) is 4.79 Å². The molecule has 0 spiro atoms. The van der Waals surface area contributed by atoms with Crippen molar-refractivity contribution in [3.05, 3.63) is 39.7 Å². The normalized spacial score (nSPS) is 9.40. The number of benzene rings is 1. The Balaban J connectivity index is 2.86. The van der Waals surface area contributed by atoms with E-state index in [2.05, 4.69) is 20.8 Å². The molecule has 0 aromatic heterocycles. The van der Waals surface area contributed by atoms with Crippen LogP contribution in [0.15, 0.2) is 22.7 Å². The zero-order chi connectivity index (χ0) is 11.3. The van der Waals surface area contributed by atoms with Crippen molar-refractivity contribution < 1.29 is 9.53 Å². The van der Waals surface area contributed by atoms with Crippen molar-refractivity contribution in [2.24, 2.45) is 0 Å². The molecule has 0 aliphatic rings. The van der Waals surface area contributed by atoms with Gasteiger partial charge >= 0.3 is 5.97 Å². The van der Waals surface area contributed by atoms with E-state index in [0.29, 0.717) is 17.9 Å². The molecule has 0 bridgehead atoms. The fraction of sp³-hybridized carbons (Fsp3) is 0.273. The highest BCUT2D eigenvalue weighted by molar-refractivity contribution is 9.10. The van der Waals surface area contributed by atoms with Gasteiger partial charge < -0.3 is 4.74 Å². The van der Waals surface area contributed by atoms with E-state index in [1.54, 1.807) is 19.1 Å². The van der Waals surface area contributed by atoms with E-state index in [4.69, 9.17) is 11.3 Å². The zero-order valence-electron chi connectivity index (χ0n) is 8.29. The van der Waals surface area contributed by atoms with Crippen LogP contribution in [0.4, 0.5) is 5.69 Å². The van der Waals surface area contributed by atoms with E-state index in [1.165, 1.54) is 0 Å². The summed E-state index contributed by atoms with van der Waals surface area (Å²) in [5, 5.41) is 0. The van der Waals surface area contributed by atoms with Crippen molar-refractivity contribution in [3.8, 4) is 0 Å². The highest BCUT2D eigenvalue weighted by atomic mass is 79.9. The van der Waals surface area contributed by atoms with Crippen LogP contribution in [0.5, 0.6) is 0 Å². The maximum atomic E-state index is 11.2. The molecule has 0 aliphatic heterocycles. The van der Waals surface area contributed by atoms with E-state index in [-0.39, 0.29) is 12.4 Å². The Hall–Kier alpha value is -1.34. The average Bonchev–Trinajstić information content (AvgIpc) is 2.21. The summed E-state index contributed by atoms with van der Waals surface area (Å²) in [6.07, 6.45) is 0.152. The van der Waals surface area contributed by atoms with E-state index < -0.39 is 0 Å². The van der Waals surface area contributed by atoms with Crippen molar-refractivity contribution in [1.82, 2.24) is 0 Å². The Kier molecular flexibility index (Phi) is 4.32. The van der Waals surface area contributed by atoms with E-state index in [1.807, 2.05) is 6.07 Å². The first-order valence-corrected chi connectivity index (χ1v) is 5.28. The topological polar surface area (TPSA) is 30.7 Å². The highest BCUT2D eigenvalue weighted by Gasteiger charge is 2.08. The fourth-order valence-corrected chi connectivity index (χ4v) is 1.51. The molecule has 3 nitrogen and oxygen atoms in total. The van der Waals surface area contributed by atoms with E-state index in [0.717, 1.165) is 4.47 Å². The maximum Gasteiger partial charge on any atom is 0.308 e. The van der Waals surface area contributed by atoms with Crippen LogP contribution in [-0.2, 0) is 16.0 Å². The van der Waals surface area contributed by atoms with Crippen LogP contribution in [0, 0.1) is 6.57 Å². The van der Waals surface area contributed by atoms with Crippen LogP contribution in [0.2, 0.25) is 0 Å². The Morgan fingerprint density at radius 3 is 2.93 bits per heavy atom. The number of esters is 1. The highest BCUT2D eigenvalue weighted by Crippen LogP contribution is 2.24. The van der Waals surface area contributed by atoms with Gasteiger partial charge in [-0.2, -0.15) is 0 Å². The van der Waals surface area contributed by atoms with Crippen molar-refractivity contribution in [1.29, 1.82) is 0 Å². The van der Waals surface area contributed by atoms with Crippen molar-refractivity contribution in [2.45, 2.75) is 13.3 Å². The molecule has 1 rings (SSSR count). The predicted octanol–water partition coefficient (Wildman–Crippen LogP) is 3.11. The standard InChI is InChI=1S/C11H10BrNO2/c1-3-15-11(14)6-8-4-5-9(12)7-10(8)13-2/h4-5,7H,3,6H2,1H3. The van der Waals surface area contributed by atoms with Gasteiger partial charge in [0.15, 0.2) is 5.69 Å². The van der Waals surface area contributed by atoms with Crippen LogP contribution in [-0.4, -0.2) is 12.6 Å². The molecule has 0 amide bonds. The average molecular weight is 268 g/mol.